The summed E-state index contributed by atoms with van der Waals surface area (Å²) in [6, 6.07) is 0. The third kappa shape index (κ3) is 7.55. The molecule has 0 aromatic heterocycles. The van der Waals surface area contributed by atoms with Crippen LogP contribution < -0.4 is 0 Å². The minimum Gasteiger partial charge on any atom is -0.382 e. The number of hydrogen-bond acceptors (Lipinski definition) is 2. The summed E-state index contributed by atoms with van der Waals surface area (Å²) in [5.41, 5.74) is -0.125. The highest BCUT2D eigenvalue weighted by atomic mass is 16.5. The van der Waals surface area contributed by atoms with Crippen LogP contribution in [0.5, 0.6) is 0 Å². The van der Waals surface area contributed by atoms with Crippen LogP contribution in [0.2, 0.25) is 0 Å². The minimum atomic E-state index is -0.125. The van der Waals surface area contributed by atoms with Gasteiger partial charge in [-0.15, -0.1) is 0 Å². The molecule has 0 aromatic rings. The lowest BCUT2D eigenvalue weighted by molar-refractivity contribution is -0.125. The van der Waals surface area contributed by atoms with Gasteiger partial charge in [0.15, 0.2) is 0 Å². The molecule has 0 saturated carbocycles. The molecule has 0 aliphatic heterocycles. The number of rotatable bonds is 9. The van der Waals surface area contributed by atoms with E-state index in [1.807, 2.05) is 20.8 Å². The second kappa shape index (κ2) is 7.86. The summed E-state index contributed by atoms with van der Waals surface area (Å²) in [4.78, 5) is 11.3. The van der Waals surface area contributed by atoms with Crippen molar-refractivity contribution in [2.45, 2.75) is 59.8 Å². The van der Waals surface area contributed by atoms with Crippen molar-refractivity contribution in [3.05, 3.63) is 0 Å². The third-order valence-corrected chi connectivity index (χ3v) is 3.00. The molecule has 0 N–H and O–H groups in total. The minimum absolute atomic E-state index is 0.125. The van der Waals surface area contributed by atoms with E-state index in [4.69, 9.17) is 4.74 Å². The Bertz CT molecular complexity index is 173. The Kier molecular flexibility index (Phi) is 7.67. The first-order chi connectivity index (χ1) is 7.00. The molecule has 0 fully saturated rings. The van der Waals surface area contributed by atoms with E-state index in [9.17, 15) is 4.79 Å². The van der Waals surface area contributed by atoms with E-state index >= 15 is 0 Å². The summed E-state index contributed by atoms with van der Waals surface area (Å²) in [7, 11) is 0. The Morgan fingerprint density at radius 1 is 1.13 bits per heavy atom. The van der Waals surface area contributed by atoms with Gasteiger partial charge in [0, 0.05) is 18.6 Å². The number of unbranched alkanes of at least 4 members (excludes halogenated alkanes) is 3. The fourth-order valence-corrected chi connectivity index (χ4v) is 1.44. The molecular formula is C13H26O2. The predicted octanol–water partition coefficient (Wildman–Crippen LogP) is 3.59. The van der Waals surface area contributed by atoms with Crippen molar-refractivity contribution in [3.63, 3.8) is 0 Å². The van der Waals surface area contributed by atoms with Gasteiger partial charge in [-0.05, 0) is 26.7 Å². The lowest BCUT2D eigenvalue weighted by Crippen LogP contribution is -2.20. The van der Waals surface area contributed by atoms with Crippen molar-refractivity contribution in [1.82, 2.24) is 0 Å². The number of ether oxygens (including phenoxy) is 1. The van der Waals surface area contributed by atoms with Crippen molar-refractivity contribution in [3.8, 4) is 0 Å². The van der Waals surface area contributed by atoms with Crippen LogP contribution in [0.4, 0.5) is 0 Å². The van der Waals surface area contributed by atoms with Crippen molar-refractivity contribution >= 4 is 5.78 Å². The highest BCUT2D eigenvalue weighted by Crippen LogP contribution is 2.24. The molecule has 15 heavy (non-hydrogen) atoms. The Morgan fingerprint density at radius 2 is 1.73 bits per heavy atom. The third-order valence-electron chi connectivity index (χ3n) is 3.00. The maximum absolute atomic E-state index is 11.3. The van der Waals surface area contributed by atoms with Gasteiger partial charge in [0.05, 0.1) is 0 Å². The quantitative estimate of drug-likeness (QED) is 0.548. The SMILES string of the molecule is CCOCCCCCCC(C)(C)C(C)=O. The molecule has 0 spiro atoms. The molecule has 2 nitrogen and oxygen atoms in total. The summed E-state index contributed by atoms with van der Waals surface area (Å²) in [6.07, 6.45) is 5.74. The first-order valence-electron chi connectivity index (χ1n) is 6.09. The zero-order chi connectivity index (χ0) is 11.7. The fraction of sp³-hybridized carbons (Fsp3) is 0.923. The van der Waals surface area contributed by atoms with Crippen molar-refractivity contribution in [2.75, 3.05) is 13.2 Å². The summed E-state index contributed by atoms with van der Waals surface area (Å²) >= 11 is 0. The maximum atomic E-state index is 11.3. The summed E-state index contributed by atoms with van der Waals surface area (Å²) in [6.45, 7) is 9.49. The molecule has 0 aromatic carbocycles. The van der Waals surface area contributed by atoms with Crippen LogP contribution >= 0.6 is 0 Å². The second-order valence-electron chi connectivity index (χ2n) is 4.80. The van der Waals surface area contributed by atoms with Gasteiger partial charge in [-0.25, -0.2) is 0 Å². The van der Waals surface area contributed by atoms with E-state index in [-0.39, 0.29) is 5.41 Å². The largest absolute Gasteiger partial charge is 0.382 e. The van der Waals surface area contributed by atoms with Gasteiger partial charge in [0.1, 0.15) is 5.78 Å². The molecule has 0 bridgehead atoms. The average molecular weight is 214 g/mol. The first-order valence-corrected chi connectivity index (χ1v) is 6.09. The number of carbonyl (C=O) groups is 1. The van der Waals surface area contributed by atoms with E-state index in [1.54, 1.807) is 6.92 Å². The molecule has 0 unspecified atom stereocenters. The van der Waals surface area contributed by atoms with Crippen LogP contribution in [-0.2, 0) is 9.53 Å². The van der Waals surface area contributed by atoms with Crippen LogP contribution in [-0.4, -0.2) is 19.0 Å². The molecule has 0 aliphatic rings. The summed E-state index contributed by atoms with van der Waals surface area (Å²) < 4.78 is 5.27. The van der Waals surface area contributed by atoms with Gasteiger partial charge < -0.3 is 4.74 Å². The van der Waals surface area contributed by atoms with E-state index < -0.39 is 0 Å². The zero-order valence-electron chi connectivity index (χ0n) is 10.8. The Hall–Kier alpha value is -0.370. The monoisotopic (exact) mass is 214 g/mol. The molecule has 0 amide bonds. The van der Waals surface area contributed by atoms with Crippen LogP contribution in [0, 0.1) is 5.41 Å². The summed E-state index contributed by atoms with van der Waals surface area (Å²) in [5, 5.41) is 0. The summed E-state index contributed by atoms with van der Waals surface area (Å²) in [5.74, 6) is 0.303. The normalized spacial score (nSPS) is 11.7. The number of carbonyl (C=O) groups excluding carboxylic acids is 1. The Balaban J connectivity index is 3.35. The molecule has 0 saturated heterocycles. The fourth-order valence-electron chi connectivity index (χ4n) is 1.44. The number of hydrogen-bond donors (Lipinski definition) is 0. The van der Waals surface area contributed by atoms with Gasteiger partial charge in [-0.3, -0.25) is 4.79 Å². The van der Waals surface area contributed by atoms with E-state index in [0.717, 1.165) is 32.5 Å². The highest BCUT2D eigenvalue weighted by Gasteiger charge is 2.22. The lowest BCUT2D eigenvalue weighted by Gasteiger charge is -2.20. The second-order valence-corrected chi connectivity index (χ2v) is 4.80. The van der Waals surface area contributed by atoms with Gasteiger partial charge >= 0.3 is 0 Å². The smallest absolute Gasteiger partial charge is 0.135 e. The zero-order valence-corrected chi connectivity index (χ0v) is 10.8. The molecule has 0 atom stereocenters. The first kappa shape index (κ1) is 14.6. The molecule has 2 heteroatoms. The Morgan fingerprint density at radius 3 is 2.27 bits per heavy atom. The molecule has 0 heterocycles. The average Bonchev–Trinajstić information content (AvgIpc) is 2.16. The van der Waals surface area contributed by atoms with E-state index in [1.165, 1.54) is 12.8 Å². The molecule has 0 aliphatic carbocycles. The van der Waals surface area contributed by atoms with Crippen molar-refractivity contribution in [1.29, 1.82) is 0 Å². The lowest BCUT2D eigenvalue weighted by atomic mass is 9.83. The Labute approximate surface area is 94.4 Å². The van der Waals surface area contributed by atoms with Crippen molar-refractivity contribution < 1.29 is 9.53 Å². The van der Waals surface area contributed by atoms with E-state index in [2.05, 4.69) is 0 Å². The van der Waals surface area contributed by atoms with Crippen LogP contribution in [0.1, 0.15) is 59.8 Å². The number of Topliss-reactive ketones (excluding diaryl/α,β-unsaturated/α-hetero) is 1. The highest BCUT2D eigenvalue weighted by molar-refractivity contribution is 5.81. The van der Waals surface area contributed by atoms with Gasteiger partial charge in [-0.2, -0.15) is 0 Å². The maximum Gasteiger partial charge on any atom is 0.135 e. The predicted molar refractivity (Wildman–Crippen MR) is 64.0 cm³/mol. The molecule has 0 rings (SSSR count). The molecular weight excluding hydrogens is 188 g/mol. The van der Waals surface area contributed by atoms with E-state index in [0.29, 0.717) is 5.78 Å². The topological polar surface area (TPSA) is 26.3 Å². The molecule has 0 radical (unpaired) electrons. The van der Waals surface area contributed by atoms with Crippen LogP contribution in [0.15, 0.2) is 0 Å². The van der Waals surface area contributed by atoms with Gasteiger partial charge in [-0.1, -0.05) is 33.1 Å². The number of ketones is 1. The van der Waals surface area contributed by atoms with Gasteiger partial charge in [0.25, 0.3) is 0 Å². The van der Waals surface area contributed by atoms with Gasteiger partial charge in [0.2, 0.25) is 0 Å². The van der Waals surface area contributed by atoms with Crippen molar-refractivity contribution in [2.24, 2.45) is 5.41 Å². The standard InChI is InChI=1S/C13H26O2/c1-5-15-11-9-7-6-8-10-13(3,4)12(2)14/h5-11H2,1-4H3. The van der Waals surface area contributed by atoms with Crippen LogP contribution in [0.25, 0.3) is 0 Å². The van der Waals surface area contributed by atoms with Crippen LogP contribution in [0.3, 0.4) is 0 Å². The molecule has 90 valence electrons.